The van der Waals surface area contributed by atoms with Crippen molar-refractivity contribution in [3.05, 3.63) is 76.5 Å². The van der Waals surface area contributed by atoms with Crippen LogP contribution in [0.2, 0.25) is 0 Å². The van der Waals surface area contributed by atoms with E-state index in [0.717, 1.165) is 22.6 Å². The second-order valence-corrected chi connectivity index (χ2v) is 8.76. The van der Waals surface area contributed by atoms with Gasteiger partial charge in [0.2, 0.25) is 5.91 Å². The van der Waals surface area contributed by atoms with E-state index >= 15 is 0 Å². The van der Waals surface area contributed by atoms with Crippen LogP contribution in [0.1, 0.15) is 28.2 Å². The summed E-state index contributed by atoms with van der Waals surface area (Å²) in [5, 5.41) is 25.9. The number of aryl methyl sites for hydroxylation is 2. The fraction of sp³-hybridized carbons (Fsp3) is 0.208. The maximum atomic E-state index is 13.8. The van der Waals surface area contributed by atoms with Gasteiger partial charge in [-0.1, -0.05) is 17.8 Å². The van der Waals surface area contributed by atoms with E-state index in [9.17, 15) is 14.4 Å². The zero-order valence-corrected chi connectivity index (χ0v) is 19.9. The summed E-state index contributed by atoms with van der Waals surface area (Å²) in [6, 6.07) is 13.7. The van der Waals surface area contributed by atoms with Crippen molar-refractivity contribution >= 4 is 23.5 Å². The number of amides is 1. The highest BCUT2D eigenvalue weighted by Gasteiger charge is 2.21. The van der Waals surface area contributed by atoms with Crippen LogP contribution in [0.3, 0.4) is 0 Å². The lowest BCUT2D eigenvalue weighted by atomic mass is 10.2. The summed E-state index contributed by atoms with van der Waals surface area (Å²) >= 11 is 1.22. The van der Waals surface area contributed by atoms with Gasteiger partial charge in [-0.25, -0.2) is 9.07 Å². The number of nitrogens with one attached hydrogen (secondary N) is 1. The lowest BCUT2D eigenvalue weighted by Crippen LogP contribution is -2.18. The van der Waals surface area contributed by atoms with E-state index in [4.69, 9.17) is 0 Å². The van der Waals surface area contributed by atoms with E-state index in [0.29, 0.717) is 27.9 Å². The highest BCUT2D eigenvalue weighted by molar-refractivity contribution is 7.99. The average molecular weight is 476 g/mol. The molecule has 0 bridgehead atoms. The molecule has 0 aliphatic heterocycles. The van der Waals surface area contributed by atoms with Crippen molar-refractivity contribution in [2.75, 3.05) is 11.1 Å². The second-order valence-electron chi connectivity index (χ2n) is 7.77. The Labute approximate surface area is 200 Å². The fourth-order valence-electron chi connectivity index (χ4n) is 3.67. The first-order chi connectivity index (χ1) is 16.3. The van der Waals surface area contributed by atoms with Gasteiger partial charge in [0.05, 0.1) is 22.7 Å². The summed E-state index contributed by atoms with van der Waals surface area (Å²) in [5.41, 5.74) is 4.17. The van der Waals surface area contributed by atoms with Gasteiger partial charge in [-0.3, -0.25) is 9.36 Å². The van der Waals surface area contributed by atoms with Gasteiger partial charge in [0.15, 0.2) is 5.82 Å². The van der Waals surface area contributed by atoms with Crippen molar-refractivity contribution in [2.24, 2.45) is 0 Å². The molecule has 0 aliphatic carbocycles. The minimum absolute atomic E-state index is 0.0607. The number of anilines is 1. The summed E-state index contributed by atoms with van der Waals surface area (Å²) in [5.74, 6) is 0.250. The molecule has 0 saturated heterocycles. The summed E-state index contributed by atoms with van der Waals surface area (Å²) in [6.07, 6.45) is 0. The Bertz CT molecular complexity index is 1420. The lowest BCUT2D eigenvalue weighted by molar-refractivity contribution is -0.113. The van der Waals surface area contributed by atoms with Gasteiger partial charge < -0.3 is 5.32 Å². The van der Waals surface area contributed by atoms with E-state index in [-0.39, 0.29) is 11.7 Å². The molecule has 3 aromatic heterocycles. The van der Waals surface area contributed by atoms with Gasteiger partial charge in [0.1, 0.15) is 22.7 Å². The number of rotatable bonds is 6. The van der Waals surface area contributed by atoms with Crippen molar-refractivity contribution in [1.29, 1.82) is 5.26 Å². The SMILES string of the molecule is Cc1cc(C)n(-c2ccc(SCC(=O)Nc3c(C#N)c(C)c(C)n3-c3cccc(F)c3)nn2)n1. The van der Waals surface area contributed by atoms with Crippen LogP contribution in [-0.4, -0.2) is 36.2 Å². The number of hydrogen-bond donors (Lipinski definition) is 1. The molecule has 0 spiro atoms. The number of halogens is 1. The number of nitrogens with zero attached hydrogens (tertiary/aromatic N) is 6. The zero-order valence-electron chi connectivity index (χ0n) is 19.1. The van der Waals surface area contributed by atoms with E-state index in [1.165, 1.54) is 23.9 Å². The summed E-state index contributed by atoms with van der Waals surface area (Å²) in [7, 11) is 0. The Morgan fingerprint density at radius 1 is 1.15 bits per heavy atom. The topological polar surface area (TPSA) is 101 Å². The number of hydrogen-bond acceptors (Lipinski definition) is 6. The number of benzene rings is 1. The minimum Gasteiger partial charge on any atom is -0.310 e. The van der Waals surface area contributed by atoms with Crippen LogP contribution in [0.15, 0.2) is 47.5 Å². The van der Waals surface area contributed by atoms with Gasteiger partial charge in [0, 0.05) is 11.4 Å². The van der Waals surface area contributed by atoms with Crippen LogP contribution in [-0.2, 0) is 4.79 Å². The van der Waals surface area contributed by atoms with E-state index in [2.05, 4.69) is 26.7 Å². The standard InChI is InChI=1S/C24H22FN7OS/c1-14-10-15(2)32(30-14)21-8-9-23(29-28-21)34-13-22(33)27-24-20(12-26)16(3)17(4)31(24)19-7-5-6-18(25)11-19/h5-11H,13H2,1-4H3,(H,27,33). The van der Waals surface area contributed by atoms with Crippen LogP contribution in [0.5, 0.6) is 0 Å². The summed E-state index contributed by atoms with van der Waals surface area (Å²) < 4.78 is 17.2. The molecule has 0 saturated carbocycles. The molecule has 0 atom stereocenters. The number of thioether (sulfide) groups is 1. The third-order valence-electron chi connectivity index (χ3n) is 5.35. The van der Waals surface area contributed by atoms with Crippen molar-refractivity contribution in [1.82, 2.24) is 24.5 Å². The first-order valence-electron chi connectivity index (χ1n) is 10.5. The molecule has 10 heteroatoms. The van der Waals surface area contributed by atoms with E-state index < -0.39 is 5.82 Å². The third kappa shape index (κ3) is 4.56. The van der Waals surface area contributed by atoms with Crippen molar-refractivity contribution in [3.8, 4) is 17.6 Å². The zero-order chi connectivity index (χ0) is 24.4. The van der Waals surface area contributed by atoms with Crippen molar-refractivity contribution in [2.45, 2.75) is 32.7 Å². The van der Waals surface area contributed by atoms with Gasteiger partial charge in [-0.15, -0.1) is 10.2 Å². The molecule has 172 valence electrons. The molecule has 3 heterocycles. The van der Waals surface area contributed by atoms with Crippen LogP contribution in [0.4, 0.5) is 10.2 Å². The third-order valence-corrected chi connectivity index (χ3v) is 6.27. The van der Waals surface area contributed by atoms with Gasteiger partial charge in [0.25, 0.3) is 0 Å². The second kappa shape index (κ2) is 9.49. The smallest absolute Gasteiger partial charge is 0.235 e. The molecular weight excluding hydrogens is 453 g/mol. The first kappa shape index (κ1) is 23.2. The molecule has 0 unspecified atom stereocenters. The largest absolute Gasteiger partial charge is 0.310 e. The van der Waals surface area contributed by atoms with E-state index in [1.54, 1.807) is 40.4 Å². The predicted octanol–water partition coefficient (Wildman–Crippen LogP) is 4.43. The Balaban J connectivity index is 1.51. The Kier molecular flexibility index (Phi) is 6.47. The Hall–Kier alpha value is -3.97. The fourth-order valence-corrected chi connectivity index (χ4v) is 4.28. The van der Waals surface area contributed by atoms with Crippen LogP contribution >= 0.6 is 11.8 Å². The normalized spacial score (nSPS) is 10.8. The number of nitriles is 1. The van der Waals surface area contributed by atoms with Crippen LogP contribution in [0.25, 0.3) is 11.5 Å². The van der Waals surface area contributed by atoms with Gasteiger partial charge >= 0.3 is 0 Å². The molecule has 1 N–H and O–H groups in total. The minimum atomic E-state index is -0.405. The lowest BCUT2D eigenvalue weighted by Gasteiger charge is -2.13. The van der Waals surface area contributed by atoms with Crippen LogP contribution < -0.4 is 5.32 Å². The molecule has 8 nitrogen and oxygen atoms in total. The number of carbonyl (C=O) groups is 1. The molecule has 34 heavy (non-hydrogen) atoms. The van der Waals surface area contributed by atoms with E-state index in [1.807, 2.05) is 26.8 Å². The summed E-state index contributed by atoms with van der Waals surface area (Å²) in [4.78, 5) is 12.8. The molecular formula is C24H22FN7OS. The molecule has 1 aromatic carbocycles. The number of carbonyl (C=O) groups excluding carboxylic acids is 1. The molecule has 0 fully saturated rings. The highest BCUT2D eigenvalue weighted by atomic mass is 32.2. The van der Waals surface area contributed by atoms with Gasteiger partial charge in [-0.05, 0) is 69.7 Å². The predicted molar refractivity (Wildman–Crippen MR) is 128 cm³/mol. The molecule has 4 rings (SSSR count). The maximum absolute atomic E-state index is 13.8. The molecule has 1 amide bonds. The summed E-state index contributed by atoms with van der Waals surface area (Å²) in [6.45, 7) is 7.47. The monoisotopic (exact) mass is 475 g/mol. The maximum Gasteiger partial charge on any atom is 0.235 e. The van der Waals surface area contributed by atoms with Crippen molar-refractivity contribution in [3.63, 3.8) is 0 Å². The van der Waals surface area contributed by atoms with Gasteiger partial charge in [-0.2, -0.15) is 10.4 Å². The Morgan fingerprint density at radius 3 is 2.56 bits per heavy atom. The average Bonchev–Trinajstić information content (AvgIpc) is 3.27. The highest BCUT2D eigenvalue weighted by Crippen LogP contribution is 2.30. The first-order valence-corrected chi connectivity index (χ1v) is 11.4. The molecule has 0 radical (unpaired) electrons. The van der Waals surface area contributed by atoms with Crippen molar-refractivity contribution < 1.29 is 9.18 Å². The number of aromatic nitrogens is 5. The van der Waals surface area contributed by atoms with Crippen LogP contribution in [0, 0.1) is 44.8 Å². The molecule has 4 aromatic rings. The molecule has 0 aliphatic rings. The quantitative estimate of drug-likeness (QED) is 0.414. The Morgan fingerprint density at radius 2 is 1.94 bits per heavy atom.